The monoisotopic (exact) mass is 128 g/mol. The first-order valence-corrected chi connectivity index (χ1v) is 2.43. The molecule has 0 aromatic carbocycles. The number of rotatable bonds is 0. The van der Waals surface area contributed by atoms with Gasteiger partial charge in [0.15, 0.2) is 5.78 Å². The van der Waals surface area contributed by atoms with Gasteiger partial charge in [-0.25, -0.2) is 0 Å². The molecule has 48 valence electrons. The number of hydrogen-bond acceptors (Lipinski definition) is 4. The minimum absolute atomic E-state index is 0.258. The van der Waals surface area contributed by atoms with Crippen LogP contribution in [0.5, 0.6) is 0 Å². The molecule has 0 unspecified atom stereocenters. The van der Waals surface area contributed by atoms with Crippen LogP contribution < -0.4 is 0 Å². The van der Waals surface area contributed by atoms with Crippen LogP contribution in [-0.4, -0.2) is 17.7 Å². The van der Waals surface area contributed by atoms with Gasteiger partial charge in [-0.1, -0.05) is 0 Å². The predicted molar refractivity (Wildman–Crippen MR) is 25.3 cm³/mol. The van der Waals surface area contributed by atoms with Crippen LogP contribution in [-0.2, 0) is 19.1 Å². The molecular formula is C5H4O4. The van der Waals surface area contributed by atoms with Crippen LogP contribution in [0.2, 0.25) is 0 Å². The minimum atomic E-state index is -0.740. The summed E-state index contributed by atoms with van der Waals surface area (Å²) in [6.07, 6.45) is -0.516. The second kappa shape index (κ2) is 1.97. The molecule has 0 saturated carbocycles. The summed E-state index contributed by atoms with van der Waals surface area (Å²) in [7, 11) is 0. The van der Waals surface area contributed by atoms with E-state index in [1.165, 1.54) is 0 Å². The molecule has 1 aliphatic rings. The predicted octanol–water partition coefficient (Wildman–Crippen LogP) is -0.581. The summed E-state index contributed by atoms with van der Waals surface area (Å²) in [6.45, 7) is 0. The molecule has 1 rings (SSSR count). The van der Waals surface area contributed by atoms with Crippen molar-refractivity contribution in [2.24, 2.45) is 0 Å². The summed E-state index contributed by atoms with van der Waals surface area (Å²) in [5, 5.41) is 0. The molecule has 0 atom stereocenters. The summed E-state index contributed by atoms with van der Waals surface area (Å²) < 4.78 is 4.06. The summed E-state index contributed by atoms with van der Waals surface area (Å²) in [5.74, 6) is -1.84. The van der Waals surface area contributed by atoms with Crippen molar-refractivity contribution in [2.45, 2.75) is 12.8 Å². The zero-order valence-electron chi connectivity index (χ0n) is 4.55. The second-order valence-electron chi connectivity index (χ2n) is 1.74. The van der Waals surface area contributed by atoms with Gasteiger partial charge in [-0.15, -0.1) is 0 Å². The van der Waals surface area contributed by atoms with Crippen LogP contribution in [0.25, 0.3) is 0 Å². The van der Waals surface area contributed by atoms with E-state index in [-0.39, 0.29) is 18.6 Å². The van der Waals surface area contributed by atoms with E-state index in [0.29, 0.717) is 0 Å². The summed E-state index contributed by atoms with van der Waals surface area (Å²) in [4.78, 5) is 30.8. The lowest BCUT2D eigenvalue weighted by atomic mass is 10.2. The second-order valence-corrected chi connectivity index (χ2v) is 1.74. The number of cyclic esters (lactones) is 2. The van der Waals surface area contributed by atoms with Crippen molar-refractivity contribution in [3.63, 3.8) is 0 Å². The molecular weight excluding hydrogens is 124 g/mol. The molecule has 0 spiro atoms. The topological polar surface area (TPSA) is 60.4 Å². The van der Waals surface area contributed by atoms with Crippen LogP contribution in [0.15, 0.2) is 0 Å². The van der Waals surface area contributed by atoms with Crippen LogP contribution >= 0.6 is 0 Å². The zero-order chi connectivity index (χ0) is 6.85. The maximum atomic E-state index is 10.4. The Labute approximate surface area is 50.8 Å². The Morgan fingerprint density at radius 2 is 1.44 bits per heavy atom. The van der Waals surface area contributed by atoms with Gasteiger partial charge in [0.05, 0.1) is 0 Å². The summed E-state index contributed by atoms with van der Waals surface area (Å²) in [5.41, 5.74) is 0. The molecule has 0 N–H and O–H groups in total. The first-order valence-electron chi connectivity index (χ1n) is 2.43. The molecule has 4 nitrogen and oxygen atoms in total. The lowest BCUT2D eigenvalue weighted by Crippen LogP contribution is -2.24. The first-order chi connectivity index (χ1) is 4.18. The van der Waals surface area contributed by atoms with Gasteiger partial charge in [0.1, 0.15) is 12.8 Å². The number of Topliss-reactive ketones (excluding diaryl/α,β-unsaturated/α-hetero) is 1. The molecule has 0 aromatic rings. The minimum Gasteiger partial charge on any atom is -0.392 e. The number of ketones is 1. The Hall–Kier alpha value is -1.19. The van der Waals surface area contributed by atoms with Gasteiger partial charge in [0, 0.05) is 0 Å². The van der Waals surface area contributed by atoms with Crippen molar-refractivity contribution in [3.8, 4) is 0 Å². The van der Waals surface area contributed by atoms with Gasteiger partial charge in [-0.2, -0.15) is 0 Å². The largest absolute Gasteiger partial charge is 0.392 e. The molecule has 0 amide bonds. The van der Waals surface area contributed by atoms with Crippen molar-refractivity contribution in [1.29, 1.82) is 0 Å². The summed E-state index contributed by atoms with van der Waals surface area (Å²) in [6, 6.07) is 0. The molecule has 0 aliphatic carbocycles. The third-order valence-corrected chi connectivity index (χ3v) is 0.911. The number of carbonyl (C=O) groups is 3. The van der Waals surface area contributed by atoms with Crippen molar-refractivity contribution < 1.29 is 19.1 Å². The van der Waals surface area contributed by atoms with E-state index in [4.69, 9.17) is 0 Å². The number of esters is 2. The average Bonchev–Trinajstić information content (AvgIpc) is 1.59. The highest BCUT2D eigenvalue weighted by atomic mass is 16.6. The molecule has 1 heterocycles. The van der Waals surface area contributed by atoms with Gasteiger partial charge in [0.2, 0.25) is 0 Å². The maximum Gasteiger partial charge on any atom is 0.320 e. The van der Waals surface area contributed by atoms with Crippen molar-refractivity contribution >= 4 is 17.7 Å². The average molecular weight is 128 g/mol. The Kier molecular flexibility index (Phi) is 1.30. The Morgan fingerprint density at radius 3 is 1.78 bits per heavy atom. The fraction of sp³-hybridized carbons (Fsp3) is 0.400. The van der Waals surface area contributed by atoms with E-state index < -0.39 is 11.9 Å². The normalized spacial score (nSPS) is 19.8. The highest BCUT2D eigenvalue weighted by molar-refractivity contribution is 6.11. The van der Waals surface area contributed by atoms with Crippen LogP contribution in [0.3, 0.4) is 0 Å². The van der Waals surface area contributed by atoms with E-state index >= 15 is 0 Å². The van der Waals surface area contributed by atoms with E-state index in [2.05, 4.69) is 4.74 Å². The lowest BCUT2D eigenvalue weighted by molar-refractivity contribution is -0.164. The van der Waals surface area contributed by atoms with E-state index in [9.17, 15) is 14.4 Å². The van der Waals surface area contributed by atoms with Crippen molar-refractivity contribution in [2.75, 3.05) is 0 Å². The fourth-order valence-corrected chi connectivity index (χ4v) is 0.584. The van der Waals surface area contributed by atoms with Gasteiger partial charge < -0.3 is 4.74 Å². The fourth-order valence-electron chi connectivity index (χ4n) is 0.584. The van der Waals surface area contributed by atoms with Gasteiger partial charge in [-0.05, 0) is 0 Å². The van der Waals surface area contributed by atoms with Crippen LogP contribution in [0, 0.1) is 0 Å². The molecule has 4 heteroatoms. The van der Waals surface area contributed by atoms with E-state index in [1.807, 2.05) is 0 Å². The third-order valence-electron chi connectivity index (χ3n) is 0.911. The molecule has 1 fully saturated rings. The molecule has 9 heavy (non-hydrogen) atoms. The Morgan fingerprint density at radius 1 is 1.00 bits per heavy atom. The molecule has 0 aromatic heterocycles. The van der Waals surface area contributed by atoms with Crippen molar-refractivity contribution in [1.82, 2.24) is 0 Å². The lowest BCUT2D eigenvalue weighted by Gasteiger charge is -2.05. The van der Waals surface area contributed by atoms with E-state index in [1.54, 1.807) is 0 Å². The van der Waals surface area contributed by atoms with Crippen LogP contribution in [0.1, 0.15) is 12.8 Å². The molecule has 0 radical (unpaired) electrons. The quantitative estimate of drug-likeness (QED) is 0.323. The molecule has 1 aliphatic heterocycles. The molecule has 0 bridgehead atoms. The number of carbonyl (C=O) groups excluding carboxylic acids is 3. The van der Waals surface area contributed by atoms with Crippen LogP contribution in [0.4, 0.5) is 0 Å². The zero-order valence-corrected chi connectivity index (χ0v) is 4.55. The standard InChI is InChI=1S/C5H4O4/c6-3-1-4(7)9-5(8)2-3/h1-2H2. The highest BCUT2D eigenvalue weighted by Gasteiger charge is 2.23. The maximum absolute atomic E-state index is 10.4. The Bertz CT molecular complexity index is 136. The number of hydrogen-bond donors (Lipinski definition) is 0. The van der Waals surface area contributed by atoms with Gasteiger partial charge in [-0.3, -0.25) is 14.4 Å². The number of ether oxygens (including phenoxy) is 1. The smallest absolute Gasteiger partial charge is 0.320 e. The highest BCUT2D eigenvalue weighted by Crippen LogP contribution is 2.02. The molecule has 1 saturated heterocycles. The third kappa shape index (κ3) is 1.35. The summed E-state index contributed by atoms with van der Waals surface area (Å²) >= 11 is 0. The van der Waals surface area contributed by atoms with E-state index in [0.717, 1.165) is 0 Å². The van der Waals surface area contributed by atoms with Gasteiger partial charge >= 0.3 is 11.9 Å². The van der Waals surface area contributed by atoms with Crippen molar-refractivity contribution in [3.05, 3.63) is 0 Å². The SMILES string of the molecule is O=C1CC(=O)OC(=O)C1. The Balaban J connectivity index is 2.64. The van der Waals surface area contributed by atoms with Gasteiger partial charge in [0.25, 0.3) is 0 Å². The first kappa shape index (κ1) is 5.94.